The molecule has 0 saturated heterocycles. The number of Topliss-reactive ketones (excluding diaryl/α,β-unsaturated/α-hetero) is 1. The Balaban J connectivity index is 3.26. The maximum Gasteiger partial charge on any atom is 0.354 e. The summed E-state index contributed by atoms with van der Waals surface area (Å²) in [5.41, 5.74) is 1.90. The Kier molecular flexibility index (Phi) is 6.96. The maximum atomic E-state index is 13.1. The van der Waals surface area contributed by atoms with Gasteiger partial charge in [0.05, 0.1) is 13.2 Å². The lowest BCUT2D eigenvalue weighted by molar-refractivity contribution is -0.136. The molecule has 0 aliphatic rings. The number of hydrogen-bond donors (Lipinski definition) is 1. The first-order valence-electron chi connectivity index (χ1n) is 8.65. The van der Waals surface area contributed by atoms with Crippen LogP contribution in [0.15, 0.2) is 0 Å². The minimum absolute atomic E-state index is 0.0476. The molecule has 0 fully saturated rings. The Labute approximate surface area is 149 Å². The third kappa shape index (κ3) is 4.50. The first-order valence-corrected chi connectivity index (χ1v) is 8.65. The van der Waals surface area contributed by atoms with Gasteiger partial charge in [-0.2, -0.15) is 0 Å². The summed E-state index contributed by atoms with van der Waals surface area (Å²) < 4.78 is 4.75. The van der Waals surface area contributed by atoms with Crippen molar-refractivity contribution in [2.75, 3.05) is 13.7 Å². The van der Waals surface area contributed by atoms with Crippen LogP contribution in [-0.2, 0) is 9.53 Å². The number of methoxy groups -OCH3 is 1. The van der Waals surface area contributed by atoms with Crippen LogP contribution in [0.3, 0.4) is 0 Å². The average molecular weight is 350 g/mol. The van der Waals surface area contributed by atoms with Crippen molar-refractivity contribution in [3.05, 3.63) is 22.5 Å². The van der Waals surface area contributed by atoms with Gasteiger partial charge < -0.3 is 14.6 Å². The molecule has 1 aromatic rings. The fourth-order valence-electron chi connectivity index (χ4n) is 2.94. The van der Waals surface area contributed by atoms with Crippen LogP contribution in [0, 0.1) is 25.7 Å². The Morgan fingerprint density at radius 3 is 2.08 bits per heavy atom. The van der Waals surface area contributed by atoms with E-state index in [0.717, 1.165) is 0 Å². The highest BCUT2D eigenvalue weighted by Crippen LogP contribution is 2.23. The van der Waals surface area contributed by atoms with Gasteiger partial charge in [-0.1, -0.05) is 27.7 Å². The number of rotatable bonds is 7. The number of nitrogens with zero attached hydrogens (tertiary/aromatic N) is 1. The maximum absolute atomic E-state index is 13.1. The van der Waals surface area contributed by atoms with Crippen LogP contribution in [0.1, 0.15) is 66.7 Å². The van der Waals surface area contributed by atoms with Gasteiger partial charge in [0.25, 0.3) is 0 Å². The summed E-state index contributed by atoms with van der Waals surface area (Å²) in [6.45, 7) is 13.4. The summed E-state index contributed by atoms with van der Waals surface area (Å²) in [7, 11) is 1.30. The number of amides is 1. The molecule has 1 N–H and O–H groups in total. The molecule has 140 valence electrons. The van der Waals surface area contributed by atoms with E-state index >= 15 is 0 Å². The van der Waals surface area contributed by atoms with Crippen molar-refractivity contribution in [1.29, 1.82) is 0 Å². The van der Waals surface area contributed by atoms with E-state index in [2.05, 4.69) is 4.98 Å². The normalized spacial score (nSPS) is 12.4. The van der Waals surface area contributed by atoms with E-state index < -0.39 is 12.0 Å². The molecule has 1 amide bonds. The predicted octanol–water partition coefficient (Wildman–Crippen LogP) is 3.13. The van der Waals surface area contributed by atoms with Crippen LogP contribution in [0.25, 0.3) is 0 Å². The van der Waals surface area contributed by atoms with E-state index in [0.29, 0.717) is 23.4 Å². The molecule has 0 bridgehead atoms. The summed E-state index contributed by atoms with van der Waals surface area (Å²) >= 11 is 0. The highest BCUT2D eigenvalue weighted by Gasteiger charge is 2.32. The van der Waals surface area contributed by atoms with Crippen molar-refractivity contribution < 1.29 is 19.1 Å². The van der Waals surface area contributed by atoms with Gasteiger partial charge >= 0.3 is 5.97 Å². The van der Waals surface area contributed by atoms with Gasteiger partial charge in [0, 0.05) is 23.7 Å². The number of carbonyl (C=O) groups is 3. The molecule has 0 aliphatic heterocycles. The van der Waals surface area contributed by atoms with Crippen LogP contribution in [0.4, 0.5) is 0 Å². The number of aryl methyl sites for hydroxylation is 1. The minimum atomic E-state index is -0.601. The van der Waals surface area contributed by atoms with E-state index in [1.165, 1.54) is 7.11 Å². The van der Waals surface area contributed by atoms with Crippen LogP contribution in [0.2, 0.25) is 0 Å². The van der Waals surface area contributed by atoms with E-state index in [1.54, 1.807) is 25.7 Å². The van der Waals surface area contributed by atoms with Crippen molar-refractivity contribution in [1.82, 2.24) is 9.88 Å². The highest BCUT2D eigenvalue weighted by molar-refractivity contribution is 6.06. The Hall–Kier alpha value is -2.11. The van der Waals surface area contributed by atoms with Crippen LogP contribution >= 0.6 is 0 Å². The van der Waals surface area contributed by atoms with Crippen molar-refractivity contribution in [3.8, 4) is 0 Å². The molecule has 0 unspecified atom stereocenters. The lowest BCUT2D eigenvalue weighted by Gasteiger charge is -2.31. The predicted molar refractivity (Wildman–Crippen MR) is 96.8 cm³/mol. The minimum Gasteiger partial charge on any atom is -0.464 e. The van der Waals surface area contributed by atoms with Gasteiger partial charge in [-0.05, 0) is 32.3 Å². The molecule has 1 heterocycles. The SMILES string of the molecule is COC(=O)c1[nH]c(C)c(C(=O)[C@@H](C)N(CC(C)C)C(=O)C(C)C)c1C. The molecule has 6 heteroatoms. The zero-order valence-electron chi connectivity index (χ0n) is 16.5. The molecule has 0 aromatic carbocycles. The molecular weight excluding hydrogens is 320 g/mol. The average Bonchev–Trinajstić information content (AvgIpc) is 2.84. The fourth-order valence-corrected chi connectivity index (χ4v) is 2.94. The topological polar surface area (TPSA) is 79.5 Å². The number of ether oxygens (including phenoxy) is 1. The Morgan fingerprint density at radius 1 is 1.08 bits per heavy atom. The fraction of sp³-hybridized carbons (Fsp3) is 0.632. The van der Waals surface area contributed by atoms with Crippen LogP contribution < -0.4 is 0 Å². The van der Waals surface area contributed by atoms with Crippen molar-refractivity contribution in [2.24, 2.45) is 11.8 Å². The van der Waals surface area contributed by atoms with Gasteiger partial charge in [-0.25, -0.2) is 4.79 Å². The lowest BCUT2D eigenvalue weighted by atomic mass is 9.98. The number of carbonyl (C=O) groups excluding carboxylic acids is 3. The second-order valence-corrected chi connectivity index (χ2v) is 7.20. The molecule has 0 saturated carbocycles. The lowest BCUT2D eigenvalue weighted by Crippen LogP contribution is -2.47. The number of aromatic amines is 1. The van der Waals surface area contributed by atoms with Crippen molar-refractivity contribution in [2.45, 2.75) is 54.5 Å². The third-order valence-electron chi connectivity index (χ3n) is 4.26. The van der Waals surface area contributed by atoms with E-state index in [1.807, 2.05) is 27.7 Å². The van der Waals surface area contributed by atoms with Gasteiger partial charge in [0.15, 0.2) is 5.78 Å². The quantitative estimate of drug-likeness (QED) is 0.605. The first-order chi connectivity index (χ1) is 11.5. The largest absolute Gasteiger partial charge is 0.464 e. The van der Waals surface area contributed by atoms with Gasteiger partial charge in [0.1, 0.15) is 5.69 Å². The Morgan fingerprint density at radius 2 is 1.64 bits per heavy atom. The molecule has 25 heavy (non-hydrogen) atoms. The summed E-state index contributed by atoms with van der Waals surface area (Å²) in [5, 5.41) is 0. The molecule has 1 rings (SSSR count). The monoisotopic (exact) mass is 350 g/mol. The van der Waals surface area contributed by atoms with Crippen LogP contribution in [-0.4, -0.2) is 47.2 Å². The summed E-state index contributed by atoms with van der Waals surface area (Å²) in [6.07, 6.45) is 0. The second-order valence-electron chi connectivity index (χ2n) is 7.20. The molecular formula is C19H30N2O4. The summed E-state index contributed by atoms with van der Waals surface area (Å²) in [4.78, 5) is 42.1. The van der Waals surface area contributed by atoms with Crippen molar-refractivity contribution >= 4 is 17.7 Å². The standard InChI is InChI=1S/C19H30N2O4/c1-10(2)9-21(18(23)11(3)4)14(7)17(22)15-12(5)16(19(24)25-8)20-13(15)6/h10-11,14,20H,9H2,1-8H3/t14-/m1/s1. The van der Waals surface area contributed by atoms with Gasteiger partial charge in [-0.3, -0.25) is 9.59 Å². The van der Waals surface area contributed by atoms with E-state index in [4.69, 9.17) is 4.74 Å². The third-order valence-corrected chi connectivity index (χ3v) is 4.26. The second kappa shape index (κ2) is 8.32. The molecule has 0 spiro atoms. The molecule has 6 nitrogen and oxygen atoms in total. The number of H-pyrrole nitrogens is 1. The number of nitrogens with one attached hydrogen (secondary N) is 1. The first kappa shape index (κ1) is 20.9. The number of aromatic nitrogens is 1. The van der Waals surface area contributed by atoms with E-state index in [-0.39, 0.29) is 29.2 Å². The molecule has 1 aromatic heterocycles. The zero-order valence-corrected chi connectivity index (χ0v) is 16.5. The zero-order chi connectivity index (χ0) is 19.5. The molecule has 0 radical (unpaired) electrons. The Bertz CT molecular complexity index is 659. The number of esters is 1. The van der Waals surface area contributed by atoms with Crippen molar-refractivity contribution in [3.63, 3.8) is 0 Å². The van der Waals surface area contributed by atoms with Gasteiger partial charge in [-0.15, -0.1) is 0 Å². The van der Waals surface area contributed by atoms with Gasteiger partial charge in [0.2, 0.25) is 5.91 Å². The summed E-state index contributed by atoms with van der Waals surface area (Å²) in [5.74, 6) is -0.667. The highest BCUT2D eigenvalue weighted by atomic mass is 16.5. The number of hydrogen-bond acceptors (Lipinski definition) is 4. The molecule has 0 aliphatic carbocycles. The molecule has 1 atom stereocenters. The number of ketones is 1. The summed E-state index contributed by atoms with van der Waals surface area (Å²) in [6, 6.07) is -0.601. The van der Waals surface area contributed by atoms with Crippen LogP contribution in [0.5, 0.6) is 0 Å². The smallest absolute Gasteiger partial charge is 0.354 e. The van der Waals surface area contributed by atoms with E-state index in [9.17, 15) is 14.4 Å².